The van der Waals surface area contributed by atoms with Crippen molar-refractivity contribution in [2.45, 2.75) is 38.1 Å². The molecule has 9 nitrogen and oxygen atoms in total. The highest BCUT2D eigenvalue weighted by molar-refractivity contribution is 6.38. The van der Waals surface area contributed by atoms with Gasteiger partial charge in [-0.2, -0.15) is 5.10 Å². The van der Waals surface area contributed by atoms with Crippen LogP contribution in [0.2, 0.25) is 0 Å². The quantitative estimate of drug-likeness (QED) is 0.280. The Balaban J connectivity index is 1.44. The van der Waals surface area contributed by atoms with E-state index in [1.165, 1.54) is 19.0 Å². The summed E-state index contributed by atoms with van der Waals surface area (Å²) in [7, 11) is 0. The number of aromatic nitrogens is 1. The van der Waals surface area contributed by atoms with Crippen LogP contribution in [0.5, 0.6) is 5.75 Å². The number of aliphatic imine (C=N–C) groups is 1. The largest absolute Gasteiger partial charge is 0.488 e. The number of hydrogen-bond acceptors (Lipinski definition) is 8. The Bertz CT molecular complexity index is 775. The minimum Gasteiger partial charge on any atom is -0.488 e. The minimum atomic E-state index is -0.346. The maximum atomic E-state index is 7.58. The summed E-state index contributed by atoms with van der Waals surface area (Å²) < 4.78 is 17.3. The summed E-state index contributed by atoms with van der Waals surface area (Å²) in [5.41, 5.74) is 7.16. The van der Waals surface area contributed by atoms with Crippen molar-refractivity contribution < 1.29 is 14.2 Å². The van der Waals surface area contributed by atoms with Gasteiger partial charge in [0.1, 0.15) is 23.0 Å². The molecular formula is C18H24N6O3. The van der Waals surface area contributed by atoms with Crippen LogP contribution in [0.25, 0.3) is 0 Å². The molecule has 0 atom stereocenters. The summed E-state index contributed by atoms with van der Waals surface area (Å²) in [4.78, 5) is 8.69. The number of hydrogen-bond donors (Lipinski definition) is 3. The van der Waals surface area contributed by atoms with Crippen molar-refractivity contribution in [2.24, 2.45) is 27.1 Å². The lowest BCUT2D eigenvalue weighted by molar-refractivity contribution is -0.201. The Kier molecular flexibility index (Phi) is 4.79. The third-order valence-corrected chi connectivity index (χ3v) is 4.94. The maximum absolute atomic E-state index is 7.58. The average Bonchev–Trinajstić information content (AvgIpc) is 3.59. The van der Waals surface area contributed by atoms with Crippen molar-refractivity contribution in [1.29, 1.82) is 5.41 Å². The summed E-state index contributed by atoms with van der Waals surface area (Å²) in [5.74, 6) is 5.98. The van der Waals surface area contributed by atoms with Gasteiger partial charge in [0.2, 0.25) is 0 Å². The molecule has 1 aromatic rings. The van der Waals surface area contributed by atoms with Gasteiger partial charge >= 0.3 is 0 Å². The fourth-order valence-electron chi connectivity index (χ4n) is 2.82. The number of ether oxygens (including phenoxy) is 3. The average molecular weight is 372 g/mol. The fraction of sp³-hybridized carbons (Fsp3) is 0.556. The zero-order chi connectivity index (χ0) is 18.9. The van der Waals surface area contributed by atoms with Crippen LogP contribution in [0.15, 0.2) is 22.4 Å². The second-order valence-corrected chi connectivity index (χ2v) is 7.36. The van der Waals surface area contributed by atoms with Gasteiger partial charge in [0, 0.05) is 17.2 Å². The minimum absolute atomic E-state index is 0.0744. The Hall–Kier alpha value is -2.52. The van der Waals surface area contributed by atoms with Crippen LogP contribution in [0.1, 0.15) is 36.9 Å². The van der Waals surface area contributed by atoms with Crippen LogP contribution in [-0.4, -0.2) is 54.9 Å². The molecule has 2 heterocycles. The van der Waals surface area contributed by atoms with Gasteiger partial charge in [0.15, 0.2) is 6.29 Å². The summed E-state index contributed by atoms with van der Waals surface area (Å²) in [6.45, 7) is 1.83. The third kappa shape index (κ3) is 4.25. The Morgan fingerprint density at radius 2 is 2.11 bits per heavy atom. The molecule has 3 fully saturated rings. The van der Waals surface area contributed by atoms with Crippen LogP contribution in [0, 0.1) is 10.8 Å². The maximum Gasteiger partial charge on any atom is 0.176 e. The number of nitrogen functional groups attached to an aromatic ring is 1. The van der Waals surface area contributed by atoms with Crippen LogP contribution >= 0.6 is 0 Å². The Morgan fingerprint density at radius 3 is 2.70 bits per heavy atom. The van der Waals surface area contributed by atoms with Gasteiger partial charge in [-0.1, -0.05) is 0 Å². The molecule has 1 saturated heterocycles. The SMILES string of the molecule is N=C(N)c1cnc(/C(C=NCC2OCC3(CC3)CO2)=N/N)c(OC2CC2)c1. The van der Waals surface area contributed by atoms with E-state index in [-0.39, 0.29) is 23.6 Å². The molecule has 0 radical (unpaired) electrons. The molecule has 144 valence electrons. The fourth-order valence-corrected chi connectivity index (χ4v) is 2.82. The molecule has 2 saturated carbocycles. The van der Waals surface area contributed by atoms with Gasteiger partial charge in [0.25, 0.3) is 0 Å². The first-order valence-corrected chi connectivity index (χ1v) is 9.11. The molecule has 1 spiro atoms. The van der Waals surface area contributed by atoms with Crippen LogP contribution in [0.4, 0.5) is 0 Å². The predicted molar refractivity (Wildman–Crippen MR) is 100 cm³/mol. The standard InChI is InChI=1S/C18H24N6O3/c19-17(20)11-5-14(27-12-1-2-12)16(23-6-11)13(24-21)7-22-8-15-25-9-18(3-4-18)10-26-15/h5-7,12,15H,1-4,8-10,21H2,(H3,19,20)/b22-7?,24-13+. The first-order valence-electron chi connectivity index (χ1n) is 9.11. The third-order valence-electron chi connectivity index (χ3n) is 4.94. The highest BCUT2D eigenvalue weighted by Crippen LogP contribution is 2.48. The zero-order valence-electron chi connectivity index (χ0n) is 15.1. The lowest BCUT2D eigenvalue weighted by atomic mass is 10.1. The number of rotatable bonds is 7. The summed E-state index contributed by atoms with van der Waals surface area (Å²) in [6.07, 6.45) is 7.19. The summed E-state index contributed by atoms with van der Waals surface area (Å²) in [6, 6.07) is 1.68. The topological polar surface area (TPSA) is 141 Å². The van der Waals surface area contributed by atoms with Crippen molar-refractivity contribution in [1.82, 2.24) is 4.98 Å². The lowest BCUT2D eigenvalue weighted by Gasteiger charge is -2.28. The molecule has 1 aliphatic heterocycles. The molecule has 3 aliphatic rings. The first kappa shape index (κ1) is 17.9. The molecule has 0 amide bonds. The van der Waals surface area contributed by atoms with E-state index in [1.807, 2.05) is 0 Å². The van der Waals surface area contributed by atoms with Crippen molar-refractivity contribution in [3.8, 4) is 5.75 Å². The number of nitrogens with zero attached hydrogens (tertiary/aromatic N) is 3. The first-order chi connectivity index (χ1) is 13.1. The van der Waals surface area contributed by atoms with Crippen molar-refractivity contribution in [3.05, 3.63) is 23.5 Å². The molecule has 0 aromatic carbocycles. The van der Waals surface area contributed by atoms with E-state index in [0.717, 1.165) is 26.1 Å². The van der Waals surface area contributed by atoms with Crippen LogP contribution in [0.3, 0.4) is 0 Å². The molecule has 27 heavy (non-hydrogen) atoms. The van der Waals surface area contributed by atoms with E-state index >= 15 is 0 Å². The van der Waals surface area contributed by atoms with Crippen molar-refractivity contribution in [2.75, 3.05) is 19.8 Å². The van der Waals surface area contributed by atoms with Crippen LogP contribution in [-0.2, 0) is 9.47 Å². The monoisotopic (exact) mass is 372 g/mol. The van der Waals surface area contributed by atoms with Crippen molar-refractivity contribution in [3.63, 3.8) is 0 Å². The van der Waals surface area contributed by atoms with E-state index in [0.29, 0.717) is 29.3 Å². The molecule has 1 aromatic heterocycles. The zero-order valence-corrected chi connectivity index (χ0v) is 15.1. The predicted octanol–water partition coefficient (Wildman–Crippen LogP) is 0.794. The van der Waals surface area contributed by atoms with Gasteiger partial charge in [-0.05, 0) is 31.7 Å². The van der Waals surface area contributed by atoms with E-state index in [9.17, 15) is 0 Å². The van der Waals surface area contributed by atoms with E-state index in [4.69, 9.17) is 31.2 Å². The molecule has 0 unspecified atom stereocenters. The van der Waals surface area contributed by atoms with Gasteiger partial charge in [0.05, 0.1) is 32.1 Å². The van der Waals surface area contributed by atoms with E-state index < -0.39 is 0 Å². The number of pyridine rings is 1. The van der Waals surface area contributed by atoms with Gasteiger partial charge in [-0.3, -0.25) is 10.4 Å². The van der Waals surface area contributed by atoms with Crippen molar-refractivity contribution >= 4 is 17.8 Å². The second-order valence-electron chi connectivity index (χ2n) is 7.36. The van der Waals surface area contributed by atoms with E-state index in [1.54, 1.807) is 12.3 Å². The molecule has 9 heteroatoms. The summed E-state index contributed by atoms with van der Waals surface area (Å²) in [5, 5.41) is 11.4. The van der Waals surface area contributed by atoms with Gasteiger partial charge in [-0.25, -0.2) is 4.98 Å². The van der Waals surface area contributed by atoms with Gasteiger partial charge < -0.3 is 25.8 Å². The smallest absolute Gasteiger partial charge is 0.176 e. The summed E-state index contributed by atoms with van der Waals surface area (Å²) >= 11 is 0. The molecule has 0 bridgehead atoms. The lowest BCUT2D eigenvalue weighted by Crippen LogP contribution is -2.35. The number of nitrogens with one attached hydrogen (secondary N) is 1. The highest BCUT2D eigenvalue weighted by atomic mass is 16.7. The molecular weight excluding hydrogens is 348 g/mol. The number of hydrazone groups is 1. The highest BCUT2D eigenvalue weighted by Gasteiger charge is 2.46. The molecule has 2 aliphatic carbocycles. The van der Waals surface area contributed by atoms with Crippen LogP contribution < -0.4 is 16.3 Å². The Morgan fingerprint density at radius 1 is 1.37 bits per heavy atom. The molecule has 5 N–H and O–H groups in total. The Labute approximate surface area is 157 Å². The van der Waals surface area contributed by atoms with E-state index in [2.05, 4.69) is 15.1 Å². The normalized spacial score (nSPS) is 22.3. The van der Waals surface area contributed by atoms with Gasteiger partial charge in [-0.15, -0.1) is 0 Å². The number of nitrogens with two attached hydrogens (primary N) is 2. The second kappa shape index (κ2) is 7.24. The molecule has 4 rings (SSSR count). The number of amidine groups is 1.